The third kappa shape index (κ3) is 5.10. The molecule has 1 saturated heterocycles. The monoisotopic (exact) mass is 374 g/mol. The minimum atomic E-state index is 0.250. The first-order chi connectivity index (χ1) is 13.7. The van der Waals surface area contributed by atoms with E-state index >= 15 is 0 Å². The second-order valence-electron chi connectivity index (χ2n) is 6.78. The van der Waals surface area contributed by atoms with Crippen molar-refractivity contribution in [2.75, 3.05) is 23.3 Å². The van der Waals surface area contributed by atoms with Gasteiger partial charge in [-0.25, -0.2) is 4.98 Å². The second-order valence-corrected chi connectivity index (χ2v) is 6.78. The molecule has 3 aromatic rings. The molecule has 0 saturated carbocycles. The third-order valence-electron chi connectivity index (χ3n) is 4.66. The molecule has 0 aliphatic carbocycles. The number of anilines is 3. The van der Waals surface area contributed by atoms with Crippen molar-refractivity contribution in [1.29, 1.82) is 0 Å². The summed E-state index contributed by atoms with van der Waals surface area (Å²) in [5.74, 6) is 1.09. The van der Waals surface area contributed by atoms with Gasteiger partial charge in [-0.3, -0.25) is 4.79 Å². The summed E-state index contributed by atoms with van der Waals surface area (Å²) >= 11 is 0. The molecule has 28 heavy (non-hydrogen) atoms. The number of pyridine rings is 1. The van der Waals surface area contributed by atoms with Gasteiger partial charge in [-0.1, -0.05) is 35.9 Å². The Bertz CT molecular complexity index is 902. The standard InChI is InChI=1S/C22H23N3.CH3NO/c1-17-10-12-19(13-11-17)23-20-7-4-6-18(16-20)21-8-5-9-22(24-21)25-14-2-3-15-25;2-1-3/h4-13,16,23H,2-3,14-15H2,1H3;1H,(H2,2,3). The van der Waals surface area contributed by atoms with E-state index in [2.05, 4.69) is 89.6 Å². The van der Waals surface area contributed by atoms with Crippen molar-refractivity contribution in [1.82, 2.24) is 4.98 Å². The van der Waals surface area contributed by atoms with Gasteiger partial charge < -0.3 is 16.0 Å². The molecule has 2 aromatic carbocycles. The van der Waals surface area contributed by atoms with E-state index in [-0.39, 0.29) is 6.41 Å². The van der Waals surface area contributed by atoms with Gasteiger partial charge in [0.2, 0.25) is 6.41 Å². The van der Waals surface area contributed by atoms with Crippen LogP contribution in [0.25, 0.3) is 11.3 Å². The molecule has 5 heteroatoms. The third-order valence-corrected chi connectivity index (χ3v) is 4.66. The molecule has 0 unspecified atom stereocenters. The number of carbonyl (C=O) groups excluding carboxylic acids is 1. The van der Waals surface area contributed by atoms with E-state index in [9.17, 15) is 0 Å². The first kappa shape index (κ1) is 19.4. The maximum absolute atomic E-state index is 8.58. The Balaban J connectivity index is 0.000000706. The fraction of sp³-hybridized carbons (Fsp3) is 0.217. The highest BCUT2D eigenvalue weighted by molar-refractivity contribution is 5.69. The van der Waals surface area contributed by atoms with E-state index in [0.717, 1.165) is 41.5 Å². The molecule has 1 fully saturated rings. The van der Waals surface area contributed by atoms with Crippen LogP contribution in [-0.4, -0.2) is 24.5 Å². The molecule has 0 radical (unpaired) electrons. The SMILES string of the molecule is Cc1ccc(Nc2cccc(-c3cccc(N4CCCC4)n3)c2)cc1.NC=O. The molecule has 0 spiro atoms. The Morgan fingerprint density at radius 3 is 2.36 bits per heavy atom. The number of hydrogen-bond acceptors (Lipinski definition) is 4. The topological polar surface area (TPSA) is 71.2 Å². The number of aromatic nitrogens is 1. The lowest BCUT2D eigenvalue weighted by atomic mass is 10.1. The summed E-state index contributed by atoms with van der Waals surface area (Å²) in [6, 6.07) is 23.2. The molecule has 3 N–H and O–H groups in total. The molecule has 4 rings (SSSR count). The molecule has 1 aliphatic heterocycles. The van der Waals surface area contributed by atoms with Gasteiger partial charge in [0.1, 0.15) is 5.82 Å². The Hall–Kier alpha value is -3.34. The van der Waals surface area contributed by atoms with E-state index in [0.29, 0.717) is 0 Å². The van der Waals surface area contributed by atoms with Crippen molar-refractivity contribution in [2.45, 2.75) is 19.8 Å². The van der Waals surface area contributed by atoms with E-state index in [1.54, 1.807) is 0 Å². The maximum atomic E-state index is 8.58. The minimum absolute atomic E-state index is 0.250. The summed E-state index contributed by atoms with van der Waals surface area (Å²) in [4.78, 5) is 15.8. The Kier molecular flexibility index (Phi) is 6.63. The van der Waals surface area contributed by atoms with Crippen LogP contribution in [0.1, 0.15) is 18.4 Å². The van der Waals surface area contributed by atoms with Crippen molar-refractivity contribution in [2.24, 2.45) is 5.73 Å². The number of primary amides is 1. The normalized spacial score (nSPS) is 12.8. The highest BCUT2D eigenvalue weighted by atomic mass is 16.1. The summed E-state index contributed by atoms with van der Waals surface area (Å²) in [7, 11) is 0. The van der Waals surface area contributed by atoms with Crippen LogP contribution in [0, 0.1) is 6.92 Å². The van der Waals surface area contributed by atoms with Gasteiger partial charge in [-0.05, 0) is 56.2 Å². The lowest BCUT2D eigenvalue weighted by Crippen LogP contribution is -2.18. The van der Waals surface area contributed by atoms with Gasteiger partial charge in [0.25, 0.3) is 0 Å². The number of nitrogens with one attached hydrogen (secondary N) is 1. The molecule has 0 atom stereocenters. The first-order valence-electron chi connectivity index (χ1n) is 9.51. The van der Waals surface area contributed by atoms with Crippen molar-refractivity contribution < 1.29 is 4.79 Å². The summed E-state index contributed by atoms with van der Waals surface area (Å²) in [5, 5.41) is 3.47. The number of rotatable bonds is 4. The van der Waals surface area contributed by atoms with E-state index in [4.69, 9.17) is 9.78 Å². The molecule has 2 heterocycles. The largest absolute Gasteiger partial charge is 0.372 e. The summed E-state index contributed by atoms with van der Waals surface area (Å²) in [6.07, 6.45) is 2.78. The van der Waals surface area contributed by atoms with Crippen LogP contribution >= 0.6 is 0 Å². The molecule has 144 valence electrons. The average molecular weight is 374 g/mol. The Morgan fingerprint density at radius 2 is 1.64 bits per heavy atom. The highest BCUT2D eigenvalue weighted by Gasteiger charge is 2.14. The molecular weight excluding hydrogens is 348 g/mol. The van der Waals surface area contributed by atoms with Crippen molar-refractivity contribution in [3.63, 3.8) is 0 Å². The first-order valence-corrected chi connectivity index (χ1v) is 9.51. The lowest BCUT2D eigenvalue weighted by Gasteiger charge is -2.17. The molecule has 1 aliphatic rings. The number of hydrogen-bond donors (Lipinski definition) is 2. The van der Waals surface area contributed by atoms with E-state index in [1.807, 2.05) is 0 Å². The molecular formula is C23H26N4O. The smallest absolute Gasteiger partial charge is 0.204 e. The van der Waals surface area contributed by atoms with Crippen LogP contribution < -0.4 is 16.0 Å². The minimum Gasteiger partial charge on any atom is -0.372 e. The van der Waals surface area contributed by atoms with Crippen LogP contribution in [0.4, 0.5) is 17.2 Å². The number of benzene rings is 2. The number of nitrogens with two attached hydrogens (primary N) is 1. The predicted molar refractivity (Wildman–Crippen MR) is 116 cm³/mol. The van der Waals surface area contributed by atoms with E-state index in [1.165, 1.54) is 18.4 Å². The fourth-order valence-electron chi connectivity index (χ4n) is 3.27. The van der Waals surface area contributed by atoms with Gasteiger partial charge in [-0.2, -0.15) is 0 Å². The zero-order chi connectivity index (χ0) is 19.8. The van der Waals surface area contributed by atoms with Crippen LogP contribution in [-0.2, 0) is 4.79 Å². The van der Waals surface area contributed by atoms with Crippen molar-refractivity contribution in [3.05, 3.63) is 72.3 Å². The predicted octanol–water partition coefficient (Wildman–Crippen LogP) is 4.50. The zero-order valence-corrected chi connectivity index (χ0v) is 16.1. The van der Waals surface area contributed by atoms with Gasteiger partial charge in [-0.15, -0.1) is 0 Å². The van der Waals surface area contributed by atoms with Crippen LogP contribution in [0.5, 0.6) is 0 Å². The summed E-state index contributed by atoms with van der Waals surface area (Å²) in [6.45, 7) is 4.33. The van der Waals surface area contributed by atoms with Gasteiger partial charge in [0, 0.05) is 30.0 Å². The van der Waals surface area contributed by atoms with Crippen molar-refractivity contribution in [3.8, 4) is 11.3 Å². The highest BCUT2D eigenvalue weighted by Crippen LogP contribution is 2.26. The summed E-state index contributed by atoms with van der Waals surface area (Å²) in [5.41, 5.74) is 9.77. The van der Waals surface area contributed by atoms with Gasteiger partial charge in [0.15, 0.2) is 0 Å². The second kappa shape index (κ2) is 9.55. The lowest BCUT2D eigenvalue weighted by molar-refractivity contribution is -0.106. The number of carbonyl (C=O) groups is 1. The number of aryl methyl sites for hydroxylation is 1. The van der Waals surface area contributed by atoms with Crippen LogP contribution in [0.3, 0.4) is 0 Å². The van der Waals surface area contributed by atoms with Crippen LogP contribution in [0.2, 0.25) is 0 Å². The molecule has 0 bridgehead atoms. The average Bonchev–Trinajstić information content (AvgIpc) is 3.26. The van der Waals surface area contributed by atoms with Gasteiger partial charge in [0.05, 0.1) is 5.69 Å². The number of amides is 1. The number of nitrogens with zero attached hydrogens (tertiary/aromatic N) is 2. The fourth-order valence-corrected chi connectivity index (χ4v) is 3.27. The molecule has 5 nitrogen and oxygen atoms in total. The Labute approximate surface area is 166 Å². The maximum Gasteiger partial charge on any atom is 0.204 e. The summed E-state index contributed by atoms with van der Waals surface area (Å²) < 4.78 is 0. The molecule has 1 aromatic heterocycles. The Morgan fingerprint density at radius 1 is 0.964 bits per heavy atom. The quantitative estimate of drug-likeness (QED) is 0.660. The molecule has 1 amide bonds. The van der Waals surface area contributed by atoms with Crippen LogP contribution in [0.15, 0.2) is 66.7 Å². The zero-order valence-electron chi connectivity index (χ0n) is 16.1. The van der Waals surface area contributed by atoms with E-state index < -0.39 is 0 Å². The van der Waals surface area contributed by atoms with Crippen molar-refractivity contribution >= 4 is 23.6 Å². The van der Waals surface area contributed by atoms with Gasteiger partial charge >= 0.3 is 0 Å².